The molecular formula is C22H33NO3. The van der Waals surface area contributed by atoms with Gasteiger partial charge in [-0.2, -0.15) is 0 Å². The second-order valence-electron chi connectivity index (χ2n) is 7.45. The number of hydrogen-bond donors (Lipinski definition) is 2. The molecule has 1 aliphatic carbocycles. The fraction of sp³-hybridized carbons (Fsp3) is 0.591. The summed E-state index contributed by atoms with van der Waals surface area (Å²) in [5.74, 6) is 0.0496. The average Bonchev–Trinajstić information content (AvgIpc) is 2.68. The highest BCUT2D eigenvalue weighted by Gasteiger charge is 2.34. The summed E-state index contributed by atoms with van der Waals surface area (Å²) in [4.78, 5) is 12.8. The maximum absolute atomic E-state index is 12.8. The molecule has 144 valence electrons. The Morgan fingerprint density at radius 2 is 2.00 bits per heavy atom. The normalized spacial score (nSPS) is 23.9. The molecule has 0 aromatic heterocycles. The highest BCUT2D eigenvalue weighted by molar-refractivity contribution is 5.79. The lowest BCUT2D eigenvalue weighted by atomic mass is 9.78. The summed E-state index contributed by atoms with van der Waals surface area (Å²) in [6, 6.07) is 9.07. The molecule has 0 radical (unpaired) electrons. The third kappa shape index (κ3) is 5.18. The monoisotopic (exact) mass is 359 g/mol. The molecule has 26 heavy (non-hydrogen) atoms. The van der Waals surface area contributed by atoms with E-state index in [1.165, 1.54) is 5.57 Å². The SMILES string of the molecule is C/C=C1\CCC[C@@H]([C@H](OC)[C@@H](C)C(=O)N[C@H](C)[C@@H](O)c2ccccc2)C1. The van der Waals surface area contributed by atoms with Crippen molar-refractivity contribution in [3.05, 3.63) is 47.5 Å². The number of aliphatic hydroxyl groups is 1. The van der Waals surface area contributed by atoms with Crippen molar-refractivity contribution in [3.8, 4) is 0 Å². The minimum atomic E-state index is -0.724. The zero-order valence-corrected chi connectivity index (χ0v) is 16.4. The number of benzene rings is 1. The lowest BCUT2D eigenvalue weighted by Gasteiger charge is -2.34. The topological polar surface area (TPSA) is 58.6 Å². The second kappa shape index (κ2) is 9.89. The zero-order valence-electron chi connectivity index (χ0n) is 16.4. The maximum atomic E-state index is 12.8. The summed E-state index contributed by atoms with van der Waals surface area (Å²) in [6.45, 7) is 5.85. The van der Waals surface area contributed by atoms with E-state index in [9.17, 15) is 9.90 Å². The third-order valence-electron chi connectivity index (χ3n) is 5.63. The van der Waals surface area contributed by atoms with Gasteiger partial charge < -0.3 is 15.2 Å². The Balaban J connectivity index is 1.98. The standard InChI is InChI=1S/C22H33NO3/c1-5-17-10-9-13-19(14-17)21(26-4)15(2)22(25)23-16(3)20(24)18-11-7-6-8-12-18/h5-8,11-12,15-16,19-21,24H,9-10,13-14H2,1-4H3,(H,23,25)/b17-5+/t15-,16-,19-,20-,21-/m1/s1. The predicted molar refractivity (Wildman–Crippen MR) is 105 cm³/mol. The highest BCUT2D eigenvalue weighted by Crippen LogP contribution is 2.34. The Labute approximate surface area is 157 Å². The summed E-state index contributed by atoms with van der Waals surface area (Å²) < 4.78 is 5.74. The molecule has 0 saturated heterocycles. The van der Waals surface area contributed by atoms with Crippen LogP contribution < -0.4 is 5.32 Å². The minimum Gasteiger partial charge on any atom is -0.386 e. The van der Waals surface area contributed by atoms with Crippen LogP contribution in [0.2, 0.25) is 0 Å². The maximum Gasteiger partial charge on any atom is 0.225 e. The molecule has 5 atom stereocenters. The first-order valence-corrected chi connectivity index (χ1v) is 9.68. The van der Waals surface area contributed by atoms with Gasteiger partial charge in [0.1, 0.15) is 0 Å². The van der Waals surface area contributed by atoms with E-state index in [1.54, 1.807) is 7.11 Å². The fourth-order valence-electron chi connectivity index (χ4n) is 4.00. The average molecular weight is 360 g/mol. The van der Waals surface area contributed by atoms with Gasteiger partial charge in [0.25, 0.3) is 0 Å². The molecule has 1 amide bonds. The summed E-state index contributed by atoms with van der Waals surface area (Å²) >= 11 is 0. The van der Waals surface area contributed by atoms with Gasteiger partial charge in [0.05, 0.1) is 24.2 Å². The van der Waals surface area contributed by atoms with Gasteiger partial charge in [-0.05, 0) is 51.0 Å². The molecule has 0 heterocycles. The van der Waals surface area contributed by atoms with Crippen molar-refractivity contribution in [2.24, 2.45) is 11.8 Å². The van der Waals surface area contributed by atoms with Crippen LogP contribution in [-0.2, 0) is 9.53 Å². The number of methoxy groups -OCH3 is 1. The number of hydrogen-bond acceptors (Lipinski definition) is 3. The Bertz CT molecular complexity index is 599. The molecule has 1 aromatic rings. The molecule has 4 heteroatoms. The van der Waals surface area contributed by atoms with Crippen LogP contribution in [-0.4, -0.2) is 30.3 Å². The van der Waals surface area contributed by atoms with Crippen molar-refractivity contribution < 1.29 is 14.6 Å². The van der Waals surface area contributed by atoms with E-state index < -0.39 is 6.10 Å². The van der Waals surface area contributed by atoms with Gasteiger partial charge in [-0.3, -0.25) is 4.79 Å². The van der Waals surface area contributed by atoms with E-state index in [-0.39, 0.29) is 24.0 Å². The first-order valence-electron chi connectivity index (χ1n) is 9.68. The lowest BCUT2D eigenvalue weighted by Crippen LogP contribution is -2.45. The van der Waals surface area contributed by atoms with Gasteiger partial charge in [-0.25, -0.2) is 0 Å². The molecule has 1 fully saturated rings. The van der Waals surface area contributed by atoms with Gasteiger partial charge >= 0.3 is 0 Å². The van der Waals surface area contributed by atoms with E-state index in [1.807, 2.05) is 44.2 Å². The molecule has 2 N–H and O–H groups in total. The number of nitrogens with one attached hydrogen (secondary N) is 1. The highest BCUT2D eigenvalue weighted by atomic mass is 16.5. The summed E-state index contributed by atoms with van der Waals surface area (Å²) in [5.41, 5.74) is 2.27. The first kappa shape index (κ1) is 20.7. The number of allylic oxidation sites excluding steroid dienone is 2. The summed E-state index contributed by atoms with van der Waals surface area (Å²) in [6.07, 6.45) is 5.78. The minimum absolute atomic E-state index is 0.0630. The number of rotatable bonds is 7. The van der Waals surface area contributed by atoms with E-state index >= 15 is 0 Å². The van der Waals surface area contributed by atoms with Crippen molar-refractivity contribution in [1.29, 1.82) is 0 Å². The molecular weight excluding hydrogens is 326 g/mol. The smallest absolute Gasteiger partial charge is 0.225 e. The Morgan fingerprint density at radius 3 is 2.62 bits per heavy atom. The van der Waals surface area contributed by atoms with Crippen LogP contribution in [0.4, 0.5) is 0 Å². The molecule has 1 aliphatic rings. The van der Waals surface area contributed by atoms with Crippen LogP contribution in [0, 0.1) is 11.8 Å². The number of carbonyl (C=O) groups excluding carboxylic acids is 1. The number of carbonyl (C=O) groups is 1. The largest absolute Gasteiger partial charge is 0.386 e. The molecule has 0 bridgehead atoms. The lowest BCUT2D eigenvalue weighted by molar-refractivity contribution is -0.132. The predicted octanol–water partition coefficient (Wildman–Crippen LogP) is 4.01. The van der Waals surface area contributed by atoms with Crippen LogP contribution in [0.5, 0.6) is 0 Å². The van der Waals surface area contributed by atoms with E-state index in [0.717, 1.165) is 31.2 Å². The third-order valence-corrected chi connectivity index (χ3v) is 5.63. The van der Waals surface area contributed by atoms with Crippen molar-refractivity contribution in [3.63, 3.8) is 0 Å². The summed E-state index contributed by atoms with van der Waals surface area (Å²) in [7, 11) is 1.70. The molecule has 2 rings (SSSR count). The van der Waals surface area contributed by atoms with E-state index in [2.05, 4.69) is 18.3 Å². The van der Waals surface area contributed by atoms with Crippen LogP contribution in [0.15, 0.2) is 42.0 Å². The van der Waals surface area contributed by atoms with E-state index in [0.29, 0.717) is 5.92 Å². The zero-order chi connectivity index (χ0) is 19.1. The Morgan fingerprint density at radius 1 is 1.31 bits per heavy atom. The number of aliphatic hydroxyl groups excluding tert-OH is 1. The van der Waals surface area contributed by atoms with Gasteiger partial charge in [-0.15, -0.1) is 0 Å². The second-order valence-corrected chi connectivity index (χ2v) is 7.45. The van der Waals surface area contributed by atoms with Crippen LogP contribution in [0.3, 0.4) is 0 Å². The number of amides is 1. The van der Waals surface area contributed by atoms with Crippen LogP contribution in [0.1, 0.15) is 58.1 Å². The molecule has 0 unspecified atom stereocenters. The van der Waals surface area contributed by atoms with Gasteiger partial charge in [0.15, 0.2) is 0 Å². The van der Waals surface area contributed by atoms with Gasteiger partial charge in [0.2, 0.25) is 5.91 Å². The fourth-order valence-corrected chi connectivity index (χ4v) is 4.00. The van der Waals surface area contributed by atoms with Crippen molar-refractivity contribution >= 4 is 5.91 Å². The Kier molecular flexibility index (Phi) is 7.85. The van der Waals surface area contributed by atoms with Crippen molar-refractivity contribution in [2.45, 2.75) is 64.7 Å². The first-order chi connectivity index (χ1) is 12.5. The van der Waals surface area contributed by atoms with Crippen LogP contribution >= 0.6 is 0 Å². The van der Waals surface area contributed by atoms with Gasteiger partial charge in [0, 0.05) is 7.11 Å². The molecule has 1 aromatic carbocycles. The van der Waals surface area contributed by atoms with Gasteiger partial charge in [-0.1, -0.05) is 48.9 Å². The molecule has 1 saturated carbocycles. The molecule has 0 aliphatic heterocycles. The molecule has 4 nitrogen and oxygen atoms in total. The Hall–Kier alpha value is -1.65. The number of ether oxygens (including phenoxy) is 1. The van der Waals surface area contributed by atoms with E-state index in [4.69, 9.17) is 4.74 Å². The summed E-state index contributed by atoms with van der Waals surface area (Å²) in [5, 5.41) is 13.5. The molecule has 0 spiro atoms. The quantitative estimate of drug-likeness (QED) is 0.723. The van der Waals surface area contributed by atoms with Crippen molar-refractivity contribution in [2.75, 3.05) is 7.11 Å². The van der Waals surface area contributed by atoms with Crippen molar-refractivity contribution in [1.82, 2.24) is 5.32 Å². The van der Waals surface area contributed by atoms with Crippen LogP contribution in [0.25, 0.3) is 0 Å².